The van der Waals surface area contributed by atoms with E-state index in [0.717, 1.165) is 0 Å². The lowest BCUT2D eigenvalue weighted by Crippen LogP contribution is -1.65. The van der Waals surface area contributed by atoms with Crippen LogP contribution in [0.15, 0.2) is 0 Å². The molecular weight excluding hydrogens is 83.5 g/mol. The molecule has 0 saturated heterocycles. The Bertz CT molecular complexity index is 47.7. The molecule has 0 amide bonds. The first-order chi connectivity index (χ1) is 3.12. The molecule has 0 nitrogen and oxygen atoms in total. The summed E-state index contributed by atoms with van der Waals surface area (Å²) in [6.07, 6.45) is -0.655. The molecule has 0 fully saturated rings. The van der Waals surface area contributed by atoms with Crippen LogP contribution in [0.4, 0.5) is 0 Å². The minimum Gasteiger partial charge on any atom is -0.127 e. The second kappa shape index (κ2) is 4.29. The number of hydrogen-bond acceptors (Lipinski definition) is 0. The maximum absolute atomic E-state index is 6.96. The third kappa shape index (κ3) is 4.29. The second-order valence-corrected chi connectivity index (χ2v) is 1.00. The van der Waals surface area contributed by atoms with Crippen molar-refractivity contribution in [2.75, 3.05) is 5.88 Å². The fourth-order valence-corrected chi connectivity index (χ4v) is 0.283. The minimum absolute atomic E-state index is 0.101. The van der Waals surface area contributed by atoms with Gasteiger partial charge in [-0.3, -0.25) is 0 Å². The van der Waals surface area contributed by atoms with Crippen LogP contribution in [0.5, 0.6) is 0 Å². The molecule has 0 aromatic carbocycles. The quantitative estimate of drug-likeness (QED) is 0.460. The van der Waals surface area contributed by atoms with Gasteiger partial charge in [-0.2, -0.15) is 0 Å². The number of halogens is 1. The van der Waals surface area contributed by atoms with Gasteiger partial charge in [-0.1, -0.05) is 13.3 Å². The summed E-state index contributed by atoms with van der Waals surface area (Å²) in [5.74, 6) is 0.101. The van der Waals surface area contributed by atoms with Crippen molar-refractivity contribution >= 4 is 11.6 Å². The summed E-state index contributed by atoms with van der Waals surface area (Å²) in [6, 6.07) is 0. The van der Waals surface area contributed by atoms with Crippen molar-refractivity contribution in [1.29, 1.82) is 0 Å². The molecular formula is C4H9Cl. The van der Waals surface area contributed by atoms with E-state index in [9.17, 15) is 0 Å². The van der Waals surface area contributed by atoms with Crippen molar-refractivity contribution < 1.29 is 2.74 Å². The van der Waals surface area contributed by atoms with Gasteiger partial charge in [0.1, 0.15) is 0 Å². The SMILES string of the molecule is [2H]C([2H])(CC)CCl. The molecule has 0 aliphatic rings. The van der Waals surface area contributed by atoms with Gasteiger partial charge in [-0.25, -0.2) is 0 Å². The Morgan fingerprint density at radius 1 is 2.00 bits per heavy atom. The van der Waals surface area contributed by atoms with E-state index >= 15 is 0 Å². The molecule has 0 rings (SSSR count). The highest BCUT2D eigenvalue weighted by molar-refractivity contribution is 6.17. The van der Waals surface area contributed by atoms with Crippen LogP contribution in [0, 0.1) is 0 Å². The van der Waals surface area contributed by atoms with Crippen LogP contribution in [-0.4, -0.2) is 5.88 Å². The molecule has 0 aliphatic heterocycles. The van der Waals surface area contributed by atoms with Crippen molar-refractivity contribution in [3.05, 3.63) is 0 Å². The molecule has 32 valence electrons. The Labute approximate surface area is 40.9 Å². The van der Waals surface area contributed by atoms with Crippen LogP contribution >= 0.6 is 11.6 Å². The van der Waals surface area contributed by atoms with E-state index in [1.54, 1.807) is 6.92 Å². The maximum Gasteiger partial charge on any atom is 0.0279 e. The minimum atomic E-state index is -1.15. The summed E-state index contributed by atoms with van der Waals surface area (Å²) >= 11 is 5.22. The van der Waals surface area contributed by atoms with Crippen molar-refractivity contribution in [2.24, 2.45) is 0 Å². The normalized spacial score (nSPS) is 17.2. The molecule has 0 heterocycles. The molecule has 1 heteroatoms. The molecule has 0 aromatic rings. The molecule has 0 atom stereocenters. The topological polar surface area (TPSA) is 0 Å². The summed E-state index contributed by atoms with van der Waals surface area (Å²) in [7, 11) is 0. The van der Waals surface area contributed by atoms with Crippen LogP contribution in [0.2, 0.25) is 0 Å². The Hall–Kier alpha value is 0.290. The lowest BCUT2D eigenvalue weighted by Gasteiger charge is -1.77. The van der Waals surface area contributed by atoms with Crippen LogP contribution in [-0.2, 0) is 0 Å². The third-order valence-corrected chi connectivity index (χ3v) is 0.533. The van der Waals surface area contributed by atoms with E-state index < -0.39 is 6.37 Å². The van der Waals surface area contributed by atoms with E-state index in [4.69, 9.17) is 14.3 Å². The van der Waals surface area contributed by atoms with Gasteiger partial charge in [0.25, 0.3) is 0 Å². The van der Waals surface area contributed by atoms with Crippen LogP contribution in [0.1, 0.15) is 22.5 Å². The number of hydrogen-bond donors (Lipinski definition) is 0. The zero-order valence-electron chi connectivity index (χ0n) is 5.29. The van der Waals surface area contributed by atoms with Gasteiger partial charge in [0.2, 0.25) is 0 Å². The first-order valence-electron chi connectivity index (χ1n) is 2.68. The fourth-order valence-electron chi connectivity index (χ4n) is 0.0945. The van der Waals surface area contributed by atoms with Crippen LogP contribution in [0.25, 0.3) is 0 Å². The van der Waals surface area contributed by atoms with Crippen molar-refractivity contribution in [3.8, 4) is 0 Å². The van der Waals surface area contributed by atoms with Crippen LogP contribution in [0.3, 0.4) is 0 Å². The monoisotopic (exact) mass is 94.1 g/mol. The van der Waals surface area contributed by atoms with Crippen molar-refractivity contribution in [1.82, 2.24) is 0 Å². The fraction of sp³-hybridized carbons (Fsp3) is 1.00. The summed E-state index contributed by atoms with van der Waals surface area (Å²) in [5, 5.41) is 0. The highest BCUT2D eigenvalue weighted by Gasteiger charge is 1.70. The standard InChI is InChI=1S/C4H9Cl/c1-2-3-4-5/h2-4H2,1H3/i3D2. The molecule has 0 N–H and O–H groups in total. The zero-order chi connectivity index (χ0) is 5.91. The summed E-state index contributed by atoms with van der Waals surface area (Å²) in [5.41, 5.74) is 0. The lowest BCUT2D eigenvalue weighted by atomic mass is 10.4. The average Bonchev–Trinajstić information content (AvgIpc) is 1.68. The number of alkyl halides is 1. The second-order valence-electron chi connectivity index (χ2n) is 0.737. The Morgan fingerprint density at radius 3 is 2.60 bits per heavy atom. The molecule has 0 radical (unpaired) electrons. The maximum atomic E-state index is 6.96. The summed E-state index contributed by atoms with van der Waals surface area (Å²) in [4.78, 5) is 0. The highest BCUT2D eigenvalue weighted by Crippen LogP contribution is 1.86. The summed E-state index contributed by atoms with van der Waals surface area (Å²) in [6.45, 7) is 1.78. The van der Waals surface area contributed by atoms with E-state index in [1.807, 2.05) is 0 Å². The molecule has 0 unspecified atom stereocenters. The predicted molar refractivity (Wildman–Crippen MR) is 25.6 cm³/mol. The van der Waals surface area contributed by atoms with Gasteiger partial charge in [0.05, 0.1) is 0 Å². The molecule has 0 saturated carbocycles. The van der Waals surface area contributed by atoms with E-state index in [-0.39, 0.29) is 5.88 Å². The van der Waals surface area contributed by atoms with Crippen molar-refractivity contribution in [2.45, 2.75) is 19.7 Å². The third-order valence-electron chi connectivity index (χ3n) is 0.344. The van der Waals surface area contributed by atoms with Gasteiger partial charge < -0.3 is 0 Å². The van der Waals surface area contributed by atoms with Crippen molar-refractivity contribution in [3.63, 3.8) is 0 Å². The van der Waals surface area contributed by atoms with Gasteiger partial charge in [0, 0.05) is 8.62 Å². The first-order valence-corrected chi connectivity index (χ1v) is 2.22. The number of rotatable bonds is 2. The van der Waals surface area contributed by atoms with E-state index in [0.29, 0.717) is 6.42 Å². The van der Waals surface area contributed by atoms with Gasteiger partial charge >= 0.3 is 0 Å². The molecule has 0 bridgehead atoms. The average molecular weight is 94.6 g/mol. The molecule has 0 spiro atoms. The lowest BCUT2D eigenvalue weighted by molar-refractivity contribution is 0.892. The van der Waals surface area contributed by atoms with E-state index in [2.05, 4.69) is 0 Å². The Kier molecular flexibility index (Phi) is 2.11. The van der Waals surface area contributed by atoms with E-state index in [1.165, 1.54) is 0 Å². The Morgan fingerprint density at radius 2 is 2.60 bits per heavy atom. The van der Waals surface area contributed by atoms with Gasteiger partial charge in [-0.15, -0.1) is 11.6 Å². The Balaban J connectivity index is 3.36. The largest absolute Gasteiger partial charge is 0.127 e. The summed E-state index contributed by atoms with van der Waals surface area (Å²) < 4.78 is 13.9. The predicted octanol–water partition coefficient (Wildman–Crippen LogP) is 2.03. The van der Waals surface area contributed by atoms with Gasteiger partial charge in [0.15, 0.2) is 0 Å². The van der Waals surface area contributed by atoms with Gasteiger partial charge in [-0.05, 0) is 6.37 Å². The molecule has 0 aromatic heterocycles. The smallest absolute Gasteiger partial charge is 0.0279 e. The highest BCUT2D eigenvalue weighted by atomic mass is 35.5. The molecule has 0 aliphatic carbocycles. The zero-order valence-corrected chi connectivity index (χ0v) is 4.05. The first kappa shape index (κ1) is 2.46. The van der Waals surface area contributed by atoms with Crippen LogP contribution < -0.4 is 0 Å². The molecule has 5 heavy (non-hydrogen) atoms.